The van der Waals surface area contributed by atoms with Crippen LogP contribution in [-0.2, 0) is 43.4 Å². The molecule has 8 fully saturated rings. The van der Waals surface area contributed by atoms with E-state index in [1.165, 1.54) is 89.9 Å². The zero-order valence-electron chi connectivity index (χ0n) is 35.7. The summed E-state index contributed by atoms with van der Waals surface area (Å²) >= 11 is 0. The first kappa shape index (κ1) is 52.8. The van der Waals surface area contributed by atoms with E-state index >= 15 is 0 Å². The Kier molecular flexibility index (Phi) is 22.3. The van der Waals surface area contributed by atoms with Crippen LogP contribution in [0.4, 0.5) is 0 Å². The predicted molar refractivity (Wildman–Crippen MR) is 226 cm³/mol. The SMILES string of the molecule is C[Si](C)([N-]C[N-][Si](C)(C)C1CCC2[C]1C1CCCCC1C1CCCCC21)C1CCC2[C]1C1CCCCC1C1CCCCC21.[CH3-].[CH3-].[CH3-].[CH3-].[CH3-].[CH3-].[Ti+4].[Ti+4]. The maximum absolute atomic E-state index is 5.76. The van der Waals surface area contributed by atoms with Crippen molar-refractivity contribution in [1.82, 2.24) is 0 Å². The molecule has 8 aliphatic carbocycles. The van der Waals surface area contributed by atoms with Gasteiger partial charge in [0.25, 0.3) is 0 Å². The van der Waals surface area contributed by atoms with Crippen molar-refractivity contribution in [3.63, 3.8) is 0 Å². The van der Waals surface area contributed by atoms with Crippen molar-refractivity contribution in [2.75, 3.05) is 6.67 Å². The van der Waals surface area contributed by atoms with Crippen molar-refractivity contribution in [2.24, 2.45) is 59.2 Å². The Bertz CT molecular complexity index is 917. The van der Waals surface area contributed by atoms with Crippen LogP contribution in [-0.4, -0.2) is 23.1 Å². The van der Waals surface area contributed by atoms with Crippen LogP contribution in [0.25, 0.3) is 9.96 Å². The quantitative estimate of drug-likeness (QED) is 0.189. The Balaban J connectivity index is 0.00000312. The number of hydrogen-bond acceptors (Lipinski definition) is 0. The van der Waals surface area contributed by atoms with E-state index in [1.54, 1.807) is 38.5 Å². The molecule has 0 aromatic heterocycles. The number of hydrogen-bond donors (Lipinski definition) is 0. The van der Waals surface area contributed by atoms with Crippen LogP contribution in [0, 0.1) is 116 Å². The molecule has 0 amide bonds. The molecular weight excluding hydrogens is 720 g/mol. The van der Waals surface area contributed by atoms with Gasteiger partial charge in [-0.2, -0.15) is 0 Å². The van der Waals surface area contributed by atoms with Gasteiger partial charge in [-0.25, -0.2) is 0 Å². The summed E-state index contributed by atoms with van der Waals surface area (Å²) in [7, 11) is -3.45. The van der Waals surface area contributed by atoms with Crippen LogP contribution in [0.1, 0.15) is 128 Å². The first-order valence-corrected chi connectivity index (χ1v) is 26.0. The van der Waals surface area contributed by atoms with Crippen LogP contribution in [0.3, 0.4) is 0 Å². The normalized spacial score (nSPS) is 39.8. The molecule has 0 aromatic carbocycles. The van der Waals surface area contributed by atoms with E-state index in [4.69, 9.17) is 9.96 Å². The Labute approximate surface area is 355 Å². The molecule has 0 N–H and O–H groups in total. The Morgan fingerprint density at radius 3 is 0.941 bits per heavy atom. The van der Waals surface area contributed by atoms with Gasteiger partial charge < -0.3 is 54.5 Å². The van der Waals surface area contributed by atoms with E-state index in [9.17, 15) is 0 Å². The third-order valence-electron chi connectivity index (χ3n) is 16.2. The van der Waals surface area contributed by atoms with Gasteiger partial charge in [-0.1, -0.05) is 118 Å². The van der Waals surface area contributed by atoms with Crippen molar-refractivity contribution >= 4 is 16.5 Å². The summed E-state index contributed by atoms with van der Waals surface area (Å²) in [6.45, 7) is 11.5. The second-order valence-corrected chi connectivity index (χ2v) is 27.2. The fraction of sp³-hybridized carbons (Fsp3) is 0.822. The first-order chi connectivity index (χ1) is 20.9. The van der Waals surface area contributed by atoms with E-state index in [0.717, 1.165) is 76.9 Å². The Morgan fingerprint density at radius 2 is 0.627 bits per heavy atom. The fourth-order valence-electron chi connectivity index (χ4n) is 14.6. The smallest absolute Gasteiger partial charge is 0.683 e. The van der Waals surface area contributed by atoms with Crippen LogP contribution in [0.15, 0.2) is 0 Å². The summed E-state index contributed by atoms with van der Waals surface area (Å²) < 4.78 is 0. The number of nitrogens with zero attached hydrogens (tertiary/aromatic N) is 2. The van der Waals surface area contributed by atoms with Crippen LogP contribution >= 0.6 is 0 Å². The average Bonchev–Trinajstić information content (AvgIpc) is 3.69. The molecule has 2 nitrogen and oxygen atoms in total. The molecule has 8 aliphatic rings. The second kappa shape index (κ2) is 21.5. The molecular formula is C45H84N2Si2Ti2. The molecule has 0 aliphatic heterocycles. The van der Waals surface area contributed by atoms with E-state index in [1.807, 2.05) is 0 Å². The third-order valence-corrected chi connectivity index (χ3v) is 22.8. The van der Waals surface area contributed by atoms with E-state index in [-0.39, 0.29) is 88.0 Å². The summed E-state index contributed by atoms with van der Waals surface area (Å²) in [6, 6.07) is 0. The number of rotatable bonds is 6. The fourth-order valence-corrected chi connectivity index (χ4v) is 20.3. The summed E-state index contributed by atoms with van der Waals surface area (Å²) in [5.74, 6) is 14.5. The van der Waals surface area contributed by atoms with Crippen LogP contribution in [0.5, 0.6) is 0 Å². The van der Waals surface area contributed by atoms with Gasteiger partial charge in [0.05, 0.1) is 0 Å². The number of fused-ring (bicyclic) bond motifs is 12. The second-order valence-electron chi connectivity index (χ2n) is 18.6. The van der Waals surface area contributed by atoms with Gasteiger partial charge in [0.1, 0.15) is 0 Å². The minimum atomic E-state index is -1.73. The van der Waals surface area contributed by atoms with Crippen molar-refractivity contribution in [2.45, 2.75) is 166 Å². The molecule has 0 bridgehead atoms. The van der Waals surface area contributed by atoms with Crippen molar-refractivity contribution in [3.8, 4) is 0 Å². The largest absolute Gasteiger partial charge is 4.00 e. The van der Waals surface area contributed by atoms with Crippen molar-refractivity contribution < 1.29 is 43.4 Å². The molecule has 8 rings (SSSR count). The van der Waals surface area contributed by atoms with E-state index < -0.39 is 16.5 Å². The third kappa shape index (κ3) is 9.57. The van der Waals surface area contributed by atoms with Crippen molar-refractivity contribution in [3.05, 3.63) is 66.4 Å². The molecule has 2 radical (unpaired) electrons. The minimum Gasteiger partial charge on any atom is -0.683 e. The van der Waals surface area contributed by atoms with Crippen LogP contribution in [0.2, 0.25) is 37.3 Å². The van der Waals surface area contributed by atoms with Gasteiger partial charge in [-0.15, -0.1) is 0 Å². The molecule has 51 heavy (non-hydrogen) atoms. The molecule has 0 saturated heterocycles. The molecule has 0 aromatic rings. The Hall–Kier alpha value is 1.78. The van der Waals surface area contributed by atoms with Gasteiger partial charge in [0, 0.05) is 0 Å². The van der Waals surface area contributed by atoms with Crippen molar-refractivity contribution in [1.29, 1.82) is 0 Å². The Morgan fingerprint density at radius 1 is 0.373 bits per heavy atom. The zero-order valence-corrected chi connectivity index (χ0v) is 40.8. The molecule has 12 atom stereocenters. The summed E-state index contributed by atoms with van der Waals surface area (Å²) in [6.07, 6.45) is 30.5. The standard InChI is InChI=1S/C39H66N2Si2.6CH3.2Ti/c1-42(2,36-23-21-34-30-17-7-5-13-26(30)28-15-9-11-19-32(28)38(34)36)40-25-41-43(3,4)37-24-22-35-31-18-8-6-14-27(31)29-16-10-12-20-33(29)39(35)37;;;;;;;;/h26-37H,5-25H2,1-4H3;6*1H3;;/q-2;6*-1;2*+4. The first-order valence-electron chi connectivity index (χ1n) is 20.0. The predicted octanol–water partition coefficient (Wildman–Crippen LogP) is 14.8. The average molecular weight is 805 g/mol. The molecule has 8 saturated carbocycles. The summed E-state index contributed by atoms with van der Waals surface area (Å²) in [5.41, 5.74) is 1.72. The van der Waals surface area contributed by atoms with Gasteiger partial charge in [-0.05, 0) is 135 Å². The van der Waals surface area contributed by atoms with Gasteiger partial charge in [0.2, 0.25) is 0 Å². The van der Waals surface area contributed by atoms with E-state index in [0.29, 0.717) is 0 Å². The van der Waals surface area contributed by atoms with Gasteiger partial charge in [-0.3, -0.25) is 6.67 Å². The molecule has 290 valence electrons. The monoisotopic (exact) mass is 805 g/mol. The molecule has 12 unspecified atom stereocenters. The van der Waals surface area contributed by atoms with Gasteiger partial charge >= 0.3 is 43.4 Å². The van der Waals surface area contributed by atoms with E-state index in [2.05, 4.69) is 38.0 Å². The molecule has 0 heterocycles. The minimum absolute atomic E-state index is 0. The maximum atomic E-state index is 5.76. The van der Waals surface area contributed by atoms with Gasteiger partial charge in [0.15, 0.2) is 0 Å². The topological polar surface area (TPSA) is 28.2 Å². The molecule has 0 spiro atoms. The van der Waals surface area contributed by atoms with Crippen LogP contribution < -0.4 is 0 Å². The molecule has 6 heteroatoms. The zero-order chi connectivity index (χ0) is 29.3. The summed E-state index contributed by atoms with van der Waals surface area (Å²) in [5, 5.41) is 0. The summed E-state index contributed by atoms with van der Waals surface area (Å²) in [4.78, 5) is 11.5. The maximum Gasteiger partial charge on any atom is 4.00 e.